The van der Waals surface area contributed by atoms with Crippen molar-refractivity contribution < 1.29 is 14.3 Å². The van der Waals surface area contributed by atoms with Crippen molar-refractivity contribution in [1.82, 2.24) is 14.4 Å². The van der Waals surface area contributed by atoms with Crippen molar-refractivity contribution in [3.05, 3.63) is 108 Å². The normalized spacial score (nSPS) is 10.6. The molecule has 0 aliphatic carbocycles. The highest BCUT2D eigenvalue weighted by Gasteiger charge is 2.22. The van der Waals surface area contributed by atoms with Crippen LogP contribution < -0.4 is 0 Å². The van der Waals surface area contributed by atoms with Gasteiger partial charge in [-0.15, -0.1) is 6.58 Å². The van der Waals surface area contributed by atoms with Crippen LogP contribution in [0.25, 0.3) is 0 Å². The molecule has 0 saturated heterocycles. The minimum Gasteiger partial charge on any atom is -0.383 e. The number of rotatable bonds is 13. The highest BCUT2D eigenvalue weighted by molar-refractivity contribution is 5.86. The van der Waals surface area contributed by atoms with Gasteiger partial charge in [-0.25, -0.2) is 0 Å². The third-order valence-electron chi connectivity index (χ3n) is 5.62. The van der Waals surface area contributed by atoms with E-state index in [-0.39, 0.29) is 24.8 Å². The van der Waals surface area contributed by atoms with Crippen molar-refractivity contribution in [1.29, 1.82) is 0 Å². The van der Waals surface area contributed by atoms with Crippen LogP contribution >= 0.6 is 0 Å². The van der Waals surface area contributed by atoms with Crippen molar-refractivity contribution >= 4 is 11.8 Å². The molecule has 6 heteroatoms. The molecule has 0 unspecified atom stereocenters. The summed E-state index contributed by atoms with van der Waals surface area (Å²) in [5.41, 5.74) is 3.14. The molecule has 3 rings (SSSR count). The summed E-state index contributed by atoms with van der Waals surface area (Å²) in [5, 5.41) is 0. The molecule has 0 N–H and O–H groups in total. The van der Waals surface area contributed by atoms with Crippen molar-refractivity contribution in [3.63, 3.8) is 0 Å². The van der Waals surface area contributed by atoms with Crippen LogP contribution in [-0.4, -0.2) is 59.5 Å². The van der Waals surface area contributed by atoms with Gasteiger partial charge in [0.2, 0.25) is 11.8 Å². The summed E-state index contributed by atoms with van der Waals surface area (Å²) in [4.78, 5) is 29.6. The summed E-state index contributed by atoms with van der Waals surface area (Å²) < 4.78 is 7.39. The molecule has 2 amide bonds. The highest BCUT2D eigenvalue weighted by Crippen LogP contribution is 2.12. The number of nitrogens with zero attached hydrogens (tertiary/aromatic N) is 3. The van der Waals surface area contributed by atoms with E-state index in [1.54, 1.807) is 23.0 Å². The molecule has 0 bridgehead atoms. The third-order valence-corrected chi connectivity index (χ3v) is 5.62. The second kappa shape index (κ2) is 13.2. The number of benzene rings is 2. The van der Waals surface area contributed by atoms with Crippen molar-refractivity contribution in [2.24, 2.45) is 0 Å². The maximum Gasteiger partial charge on any atom is 0.242 e. The molecular formula is C28H33N3O3. The first-order valence-electron chi connectivity index (χ1n) is 11.5. The van der Waals surface area contributed by atoms with Crippen LogP contribution in [0.2, 0.25) is 0 Å². The van der Waals surface area contributed by atoms with Gasteiger partial charge in [-0.1, -0.05) is 66.7 Å². The smallest absolute Gasteiger partial charge is 0.242 e. The summed E-state index contributed by atoms with van der Waals surface area (Å²) in [6.45, 7) is 6.12. The van der Waals surface area contributed by atoms with E-state index in [4.69, 9.17) is 4.74 Å². The van der Waals surface area contributed by atoms with Gasteiger partial charge in [0.1, 0.15) is 6.54 Å². The highest BCUT2D eigenvalue weighted by atomic mass is 16.5. The Morgan fingerprint density at radius 1 is 0.912 bits per heavy atom. The Balaban J connectivity index is 1.70. The van der Waals surface area contributed by atoms with Gasteiger partial charge in [0.05, 0.1) is 19.6 Å². The van der Waals surface area contributed by atoms with Crippen molar-refractivity contribution in [2.45, 2.75) is 19.5 Å². The van der Waals surface area contributed by atoms with Gasteiger partial charge < -0.3 is 19.1 Å². The molecule has 0 fully saturated rings. The molecule has 0 saturated carbocycles. The molecular weight excluding hydrogens is 426 g/mol. The zero-order valence-corrected chi connectivity index (χ0v) is 19.8. The Kier molecular flexibility index (Phi) is 9.67. The van der Waals surface area contributed by atoms with Crippen LogP contribution in [0.15, 0.2) is 91.6 Å². The maximum atomic E-state index is 13.3. The number of aromatic nitrogens is 1. The number of ether oxygens (including phenoxy) is 1. The Bertz CT molecular complexity index is 1050. The maximum absolute atomic E-state index is 13.3. The Morgan fingerprint density at radius 2 is 1.59 bits per heavy atom. The number of carbonyl (C=O) groups is 2. The molecule has 1 heterocycles. The Morgan fingerprint density at radius 3 is 2.24 bits per heavy atom. The van der Waals surface area contributed by atoms with Gasteiger partial charge in [-0.2, -0.15) is 0 Å². The fourth-order valence-corrected chi connectivity index (χ4v) is 3.77. The summed E-state index contributed by atoms with van der Waals surface area (Å²) in [7, 11) is 1.62. The summed E-state index contributed by atoms with van der Waals surface area (Å²) in [6.07, 6.45) is 3.93. The summed E-state index contributed by atoms with van der Waals surface area (Å²) in [5.74, 6) is -0.216. The van der Waals surface area contributed by atoms with Crippen LogP contribution in [0.3, 0.4) is 0 Å². The first-order chi connectivity index (χ1) is 16.6. The Labute approximate surface area is 202 Å². The van der Waals surface area contributed by atoms with Gasteiger partial charge >= 0.3 is 0 Å². The van der Waals surface area contributed by atoms with E-state index in [2.05, 4.69) is 23.3 Å². The van der Waals surface area contributed by atoms with Gasteiger partial charge in [0, 0.05) is 38.6 Å². The predicted molar refractivity (Wildman–Crippen MR) is 134 cm³/mol. The number of carbonyl (C=O) groups excluding carboxylic acids is 2. The predicted octanol–water partition coefficient (Wildman–Crippen LogP) is 3.77. The lowest BCUT2D eigenvalue weighted by Crippen LogP contribution is -2.44. The van der Waals surface area contributed by atoms with Crippen LogP contribution in [0.4, 0.5) is 0 Å². The van der Waals surface area contributed by atoms with E-state index >= 15 is 0 Å². The number of methoxy groups -OCH3 is 1. The van der Waals surface area contributed by atoms with Crippen LogP contribution in [0.1, 0.15) is 16.8 Å². The second-order valence-electron chi connectivity index (χ2n) is 8.15. The molecule has 0 atom stereocenters. The fraction of sp³-hybridized carbons (Fsp3) is 0.286. The quantitative estimate of drug-likeness (QED) is 0.366. The fourth-order valence-electron chi connectivity index (χ4n) is 3.77. The van der Waals surface area contributed by atoms with Crippen LogP contribution in [0.5, 0.6) is 0 Å². The average molecular weight is 460 g/mol. The molecule has 0 spiro atoms. The second-order valence-corrected chi connectivity index (χ2v) is 8.15. The zero-order chi connectivity index (χ0) is 24.2. The monoisotopic (exact) mass is 459 g/mol. The molecule has 34 heavy (non-hydrogen) atoms. The Hall–Kier alpha value is -3.64. The molecule has 178 valence electrons. The summed E-state index contributed by atoms with van der Waals surface area (Å²) >= 11 is 0. The van der Waals surface area contributed by atoms with E-state index in [1.807, 2.05) is 66.9 Å². The van der Waals surface area contributed by atoms with Crippen molar-refractivity contribution in [3.8, 4) is 0 Å². The van der Waals surface area contributed by atoms with E-state index in [0.29, 0.717) is 26.2 Å². The standard InChI is InChI=1S/C28H33N3O3/c1-3-16-30(27(32)20-24-11-6-4-7-12-24)23-28(33)31(18-19-34-2)22-26-15-10-17-29(26)21-25-13-8-5-9-14-25/h3-15,17H,1,16,18-23H2,2H3. The number of hydrogen-bond acceptors (Lipinski definition) is 3. The SMILES string of the molecule is C=CCN(CC(=O)N(CCOC)Cc1cccn1Cc1ccccc1)C(=O)Cc1ccccc1. The number of amides is 2. The van der Waals surface area contributed by atoms with Gasteiger partial charge in [0.15, 0.2) is 0 Å². The first kappa shape index (κ1) is 25.0. The van der Waals surface area contributed by atoms with Gasteiger partial charge in [-0.3, -0.25) is 9.59 Å². The average Bonchev–Trinajstić information content (AvgIpc) is 3.29. The lowest BCUT2D eigenvalue weighted by Gasteiger charge is -2.27. The van der Waals surface area contributed by atoms with E-state index in [0.717, 1.165) is 17.8 Å². The van der Waals surface area contributed by atoms with E-state index in [9.17, 15) is 9.59 Å². The minimum absolute atomic E-state index is 0.000789. The van der Waals surface area contributed by atoms with Crippen LogP contribution in [0, 0.1) is 0 Å². The number of hydrogen-bond donors (Lipinski definition) is 0. The molecule has 0 aliphatic rings. The van der Waals surface area contributed by atoms with Crippen molar-refractivity contribution in [2.75, 3.05) is 33.4 Å². The van der Waals surface area contributed by atoms with Crippen LogP contribution in [-0.2, 0) is 33.8 Å². The van der Waals surface area contributed by atoms with E-state index < -0.39 is 0 Å². The molecule has 3 aromatic rings. The van der Waals surface area contributed by atoms with Gasteiger partial charge in [0.25, 0.3) is 0 Å². The topological polar surface area (TPSA) is 54.8 Å². The molecule has 6 nitrogen and oxygen atoms in total. The molecule has 1 aromatic heterocycles. The zero-order valence-electron chi connectivity index (χ0n) is 19.8. The third kappa shape index (κ3) is 7.46. The van der Waals surface area contributed by atoms with E-state index in [1.165, 1.54) is 5.56 Å². The molecule has 0 aliphatic heterocycles. The minimum atomic E-state index is -0.118. The largest absolute Gasteiger partial charge is 0.383 e. The lowest BCUT2D eigenvalue weighted by atomic mass is 10.1. The molecule has 2 aromatic carbocycles. The first-order valence-corrected chi connectivity index (χ1v) is 11.5. The molecule has 0 radical (unpaired) electrons. The lowest BCUT2D eigenvalue weighted by molar-refractivity contribution is -0.140. The summed E-state index contributed by atoms with van der Waals surface area (Å²) in [6, 6.07) is 23.8. The van der Waals surface area contributed by atoms with Gasteiger partial charge in [-0.05, 0) is 23.3 Å².